The van der Waals surface area contributed by atoms with Crippen LogP contribution in [0.25, 0.3) is 0 Å². The van der Waals surface area contributed by atoms with E-state index in [0.29, 0.717) is 6.61 Å². The fourth-order valence-electron chi connectivity index (χ4n) is 2.51. The second kappa shape index (κ2) is 4.38. The number of hydrogen-bond donors (Lipinski definition) is 2. The molecule has 0 saturated heterocycles. The van der Waals surface area contributed by atoms with E-state index in [4.69, 9.17) is 0 Å². The van der Waals surface area contributed by atoms with Crippen LogP contribution in [0.3, 0.4) is 0 Å². The van der Waals surface area contributed by atoms with Gasteiger partial charge in [0.1, 0.15) is 11.6 Å². The molecule has 2 heterocycles. The molecule has 17 heavy (non-hydrogen) atoms. The molecule has 3 rings (SSSR count). The molecule has 5 nitrogen and oxygen atoms in total. The number of aromatic nitrogens is 3. The second-order valence-electron chi connectivity index (χ2n) is 5.40. The fourth-order valence-corrected chi connectivity index (χ4v) is 2.51. The summed E-state index contributed by atoms with van der Waals surface area (Å²) >= 11 is 0. The van der Waals surface area contributed by atoms with Crippen molar-refractivity contribution in [2.75, 3.05) is 13.2 Å². The van der Waals surface area contributed by atoms with Gasteiger partial charge < -0.3 is 15.0 Å². The Bertz CT molecular complexity index is 397. The van der Waals surface area contributed by atoms with Gasteiger partial charge in [0.15, 0.2) is 0 Å². The van der Waals surface area contributed by atoms with Crippen molar-refractivity contribution >= 4 is 0 Å². The molecule has 1 aliphatic carbocycles. The Balaban J connectivity index is 1.56. The van der Waals surface area contributed by atoms with Crippen LogP contribution < -0.4 is 5.32 Å². The Labute approximate surface area is 101 Å². The SMILES string of the molecule is OCC1(CNCc2nnc3n2CCCC3)CC1. The first-order chi connectivity index (χ1) is 8.33. The van der Waals surface area contributed by atoms with Gasteiger partial charge in [0.05, 0.1) is 6.54 Å². The van der Waals surface area contributed by atoms with Crippen LogP contribution in [0.2, 0.25) is 0 Å². The molecule has 0 bridgehead atoms. The first kappa shape index (κ1) is 11.2. The van der Waals surface area contributed by atoms with Gasteiger partial charge >= 0.3 is 0 Å². The minimum atomic E-state index is 0.171. The molecule has 1 fully saturated rings. The number of fused-ring (bicyclic) bond motifs is 1. The molecule has 1 aliphatic heterocycles. The monoisotopic (exact) mass is 236 g/mol. The van der Waals surface area contributed by atoms with Crippen molar-refractivity contribution in [2.45, 2.75) is 45.2 Å². The Morgan fingerprint density at radius 2 is 2.18 bits per heavy atom. The minimum Gasteiger partial charge on any atom is -0.396 e. The predicted molar refractivity (Wildman–Crippen MR) is 63.4 cm³/mol. The Hall–Kier alpha value is -0.940. The lowest BCUT2D eigenvalue weighted by atomic mass is 10.1. The van der Waals surface area contributed by atoms with Crippen molar-refractivity contribution in [3.63, 3.8) is 0 Å². The van der Waals surface area contributed by atoms with Crippen LogP contribution in [-0.2, 0) is 19.5 Å². The fraction of sp³-hybridized carbons (Fsp3) is 0.833. The number of hydrogen-bond acceptors (Lipinski definition) is 4. The van der Waals surface area contributed by atoms with Crippen LogP contribution in [0, 0.1) is 5.41 Å². The summed E-state index contributed by atoms with van der Waals surface area (Å²) in [6.07, 6.45) is 5.83. The summed E-state index contributed by atoms with van der Waals surface area (Å²) in [5.41, 5.74) is 0.171. The third-order valence-electron chi connectivity index (χ3n) is 4.01. The number of aryl methyl sites for hydroxylation is 1. The highest BCUT2D eigenvalue weighted by atomic mass is 16.3. The normalized spacial score (nSPS) is 21.2. The lowest BCUT2D eigenvalue weighted by Crippen LogP contribution is -2.27. The van der Waals surface area contributed by atoms with Crippen molar-refractivity contribution in [3.8, 4) is 0 Å². The molecular formula is C12H20N4O. The lowest BCUT2D eigenvalue weighted by Gasteiger charge is -2.16. The van der Waals surface area contributed by atoms with Crippen molar-refractivity contribution in [1.29, 1.82) is 0 Å². The molecule has 0 spiro atoms. The van der Waals surface area contributed by atoms with E-state index in [-0.39, 0.29) is 5.41 Å². The van der Waals surface area contributed by atoms with Crippen LogP contribution in [0.5, 0.6) is 0 Å². The maximum atomic E-state index is 9.23. The number of nitrogens with one attached hydrogen (secondary N) is 1. The van der Waals surface area contributed by atoms with Gasteiger partial charge in [-0.05, 0) is 25.7 Å². The lowest BCUT2D eigenvalue weighted by molar-refractivity contribution is 0.207. The number of rotatable bonds is 5. The van der Waals surface area contributed by atoms with Crippen molar-refractivity contribution in [2.24, 2.45) is 5.41 Å². The molecule has 1 saturated carbocycles. The molecule has 1 aromatic rings. The largest absolute Gasteiger partial charge is 0.396 e. The zero-order valence-electron chi connectivity index (χ0n) is 10.2. The molecule has 2 aliphatic rings. The van der Waals surface area contributed by atoms with Crippen LogP contribution in [0.1, 0.15) is 37.3 Å². The van der Waals surface area contributed by atoms with Gasteiger partial charge in [-0.15, -0.1) is 10.2 Å². The zero-order valence-corrected chi connectivity index (χ0v) is 10.2. The van der Waals surface area contributed by atoms with E-state index >= 15 is 0 Å². The van der Waals surface area contributed by atoms with Crippen LogP contribution >= 0.6 is 0 Å². The molecule has 0 atom stereocenters. The van der Waals surface area contributed by atoms with Crippen LogP contribution in [0.15, 0.2) is 0 Å². The van der Waals surface area contributed by atoms with E-state index in [0.717, 1.165) is 50.5 Å². The Morgan fingerprint density at radius 1 is 1.29 bits per heavy atom. The van der Waals surface area contributed by atoms with E-state index in [2.05, 4.69) is 20.1 Å². The quantitative estimate of drug-likeness (QED) is 0.780. The van der Waals surface area contributed by atoms with E-state index in [9.17, 15) is 5.11 Å². The zero-order chi connectivity index (χ0) is 11.7. The minimum absolute atomic E-state index is 0.171. The van der Waals surface area contributed by atoms with Gasteiger partial charge in [-0.3, -0.25) is 0 Å². The maximum absolute atomic E-state index is 9.23. The molecular weight excluding hydrogens is 216 g/mol. The molecule has 0 radical (unpaired) electrons. The first-order valence-electron chi connectivity index (χ1n) is 6.56. The average molecular weight is 236 g/mol. The van der Waals surface area contributed by atoms with Crippen molar-refractivity contribution in [1.82, 2.24) is 20.1 Å². The highest BCUT2D eigenvalue weighted by molar-refractivity contribution is 5.00. The van der Waals surface area contributed by atoms with Gasteiger partial charge in [0.2, 0.25) is 0 Å². The van der Waals surface area contributed by atoms with E-state index in [1.165, 1.54) is 12.8 Å². The second-order valence-corrected chi connectivity index (χ2v) is 5.40. The van der Waals surface area contributed by atoms with E-state index in [1.54, 1.807) is 0 Å². The molecule has 0 amide bonds. The average Bonchev–Trinajstić information content (AvgIpc) is 3.04. The highest BCUT2D eigenvalue weighted by Crippen LogP contribution is 2.44. The van der Waals surface area contributed by atoms with Crippen molar-refractivity contribution < 1.29 is 5.11 Å². The van der Waals surface area contributed by atoms with Gasteiger partial charge in [-0.1, -0.05) is 0 Å². The predicted octanol–water partition coefficient (Wildman–Crippen LogP) is 0.476. The number of aliphatic hydroxyl groups is 1. The number of nitrogens with zero attached hydrogens (tertiary/aromatic N) is 3. The summed E-state index contributed by atoms with van der Waals surface area (Å²) in [5.74, 6) is 2.18. The van der Waals surface area contributed by atoms with E-state index in [1.807, 2.05) is 0 Å². The third kappa shape index (κ3) is 2.21. The van der Waals surface area contributed by atoms with Gasteiger partial charge in [-0.25, -0.2) is 0 Å². The van der Waals surface area contributed by atoms with Gasteiger partial charge in [0, 0.05) is 31.5 Å². The molecule has 1 aromatic heterocycles. The van der Waals surface area contributed by atoms with E-state index < -0.39 is 0 Å². The smallest absolute Gasteiger partial charge is 0.147 e. The maximum Gasteiger partial charge on any atom is 0.147 e. The molecule has 0 aromatic carbocycles. The van der Waals surface area contributed by atoms with Crippen LogP contribution in [-0.4, -0.2) is 33.0 Å². The summed E-state index contributed by atoms with van der Waals surface area (Å²) in [7, 11) is 0. The Kier molecular flexibility index (Phi) is 2.88. The topological polar surface area (TPSA) is 63.0 Å². The standard InChI is InChI=1S/C12H20N4O/c17-9-12(4-5-12)8-13-7-11-15-14-10-3-1-2-6-16(10)11/h13,17H,1-9H2. The number of aliphatic hydroxyl groups excluding tert-OH is 1. The molecule has 0 unspecified atom stereocenters. The summed E-state index contributed by atoms with van der Waals surface area (Å²) in [6, 6.07) is 0. The van der Waals surface area contributed by atoms with Gasteiger partial charge in [0.25, 0.3) is 0 Å². The molecule has 94 valence electrons. The van der Waals surface area contributed by atoms with Crippen LogP contribution in [0.4, 0.5) is 0 Å². The molecule has 2 N–H and O–H groups in total. The Morgan fingerprint density at radius 3 is 2.94 bits per heavy atom. The summed E-state index contributed by atoms with van der Waals surface area (Å²) in [4.78, 5) is 0. The van der Waals surface area contributed by atoms with Crippen molar-refractivity contribution in [3.05, 3.63) is 11.6 Å². The third-order valence-corrected chi connectivity index (χ3v) is 4.01. The molecule has 5 heteroatoms. The highest BCUT2D eigenvalue weighted by Gasteiger charge is 2.41. The first-order valence-corrected chi connectivity index (χ1v) is 6.56. The summed E-state index contributed by atoms with van der Waals surface area (Å²) in [6.45, 7) is 3.03. The van der Waals surface area contributed by atoms with Gasteiger partial charge in [-0.2, -0.15) is 0 Å². The summed E-state index contributed by atoms with van der Waals surface area (Å²) < 4.78 is 2.25. The summed E-state index contributed by atoms with van der Waals surface area (Å²) in [5, 5.41) is 21.1.